The Labute approximate surface area is 98.1 Å². The van der Waals surface area contributed by atoms with E-state index in [1.807, 2.05) is 6.92 Å². The van der Waals surface area contributed by atoms with Crippen molar-refractivity contribution in [2.24, 2.45) is 5.92 Å². The van der Waals surface area contributed by atoms with Crippen LogP contribution in [0.15, 0.2) is 12.2 Å². The summed E-state index contributed by atoms with van der Waals surface area (Å²) < 4.78 is 14.6. The van der Waals surface area contributed by atoms with Gasteiger partial charge in [-0.05, 0) is 13.0 Å². The van der Waals surface area contributed by atoms with Gasteiger partial charge in [-0.15, -0.1) is 0 Å². The molecule has 2 aliphatic rings. The molecule has 6 heteroatoms. The fourth-order valence-electron chi connectivity index (χ4n) is 1.51. The van der Waals surface area contributed by atoms with E-state index in [0.717, 1.165) is 0 Å². The highest BCUT2D eigenvalue weighted by Gasteiger charge is 2.36. The summed E-state index contributed by atoms with van der Waals surface area (Å²) in [6.45, 7) is 1.95. The number of ether oxygens (including phenoxy) is 3. The van der Waals surface area contributed by atoms with Crippen molar-refractivity contribution in [1.82, 2.24) is 0 Å². The number of aliphatic hydroxyl groups excluding tert-OH is 1. The largest absolute Gasteiger partial charge is 0.463 e. The molecule has 0 aromatic rings. The highest BCUT2D eigenvalue weighted by Crippen LogP contribution is 2.22. The lowest BCUT2D eigenvalue weighted by molar-refractivity contribution is -0.146. The number of aliphatic hydroxyl groups is 1. The van der Waals surface area contributed by atoms with Gasteiger partial charge in [0.15, 0.2) is 6.10 Å². The Kier molecular flexibility index (Phi) is 3.44. The Hall–Kier alpha value is -1.40. The van der Waals surface area contributed by atoms with Gasteiger partial charge in [0.1, 0.15) is 19.3 Å². The smallest absolute Gasteiger partial charge is 0.335 e. The summed E-state index contributed by atoms with van der Waals surface area (Å²) in [7, 11) is 0. The predicted octanol–water partition coefficient (Wildman–Crippen LogP) is -0.593. The van der Waals surface area contributed by atoms with Gasteiger partial charge in [0, 0.05) is 6.08 Å². The molecule has 4 atom stereocenters. The number of epoxide rings is 1. The van der Waals surface area contributed by atoms with E-state index in [1.165, 1.54) is 6.08 Å². The van der Waals surface area contributed by atoms with Gasteiger partial charge in [-0.25, -0.2) is 9.59 Å². The molecule has 0 unspecified atom stereocenters. The maximum Gasteiger partial charge on any atom is 0.335 e. The zero-order valence-corrected chi connectivity index (χ0v) is 9.37. The molecule has 6 nitrogen and oxygen atoms in total. The average molecular weight is 242 g/mol. The van der Waals surface area contributed by atoms with Gasteiger partial charge < -0.3 is 19.3 Å². The van der Waals surface area contributed by atoms with Crippen LogP contribution in [0, 0.1) is 5.92 Å². The zero-order chi connectivity index (χ0) is 12.4. The standard InChI is InChI=1S/C11H14O6/c1-6-8(17-6)2-3-9(12)15-4-7-5-16-11(14)10(7)13/h2-3,6-8,10,13H,4-5H2,1H3/b3-2+/t6-,7+,8+,10-/m0/s1. The second-order valence-electron chi connectivity index (χ2n) is 4.13. The fraction of sp³-hybridized carbons (Fsp3) is 0.636. The van der Waals surface area contributed by atoms with Gasteiger partial charge in [-0.1, -0.05) is 0 Å². The third kappa shape index (κ3) is 3.04. The van der Waals surface area contributed by atoms with Crippen LogP contribution in [-0.4, -0.2) is 48.6 Å². The molecule has 0 radical (unpaired) electrons. The second kappa shape index (κ2) is 4.85. The molecule has 94 valence electrons. The van der Waals surface area contributed by atoms with Crippen molar-refractivity contribution in [3.8, 4) is 0 Å². The van der Waals surface area contributed by atoms with E-state index in [2.05, 4.69) is 4.74 Å². The number of rotatable bonds is 4. The first-order chi connectivity index (χ1) is 8.08. The molecule has 2 fully saturated rings. The molecular weight excluding hydrogens is 228 g/mol. The Morgan fingerprint density at radius 2 is 2.35 bits per heavy atom. The van der Waals surface area contributed by atoms with Gasteiger partial charge in [-0.3, -0.25) is 0 Å². The van der Waals surface area contributed by atoms with Crippen LogP contribution in [0.25, 0.3) is 0 Å². The van der Waals surface area contributed by atoms with Gasteiger partial charge in [0.2, 0.25) is 0 Å². The molecule has 2 saturated heterocycles. The van der Waals surface area contributed by atoms with Gasteiger partial charge >= 0.3 is 11.9 Å². The van der Waals surface area contributed by atoms with Crippen LogP contribution in [0.1, 0.15) is 6.92 Å². The van der Waals surface area contributed by atoms with E-state index in [0.29, 0.717) is 0 Å². The van der Waals surface area contributed by atoms with Gasteiger partial charge in [-0.2, -0.15) is 0 Å². The highest BCUT2D eigenvalue weighted by atomic mass is 16.6. The lowest BCUT2D eigenvalue weighted by atomic mass is 10.1. The van der Waals surface area contributed by atoms with Crippen LogP contribution in [0.4, 0.5) is 0 Å². The molecule has 0 amide bonds. The van der Waals surface area contributed by atoms with E-state index < -0.39 is 24.0 Å². The van der Waals surface area contributed by atoms with E-state index in [-0.39, 0.29) is 25.4 Å². The van der Waals surface area contributed by atoms with Crippen LogP contribution < -0.4 is 0 Å². The Morgan fingerprint density at radius 3 is 2.88 bits per heavy atom. The van der Waals surface area contributed by atoms with Gasteiger partial charge in [0.05, 0.1) is 12.0 Å². The third-order valence-corrected chi connectivity index (χ3v) is 2.75. The molecule has 0 saturated carbocycles. The summed E-state index contributed by atoms with van der Waals surface area (Å²) in [6.07, 6.45) is 1.86. The lowest BCUT2D eigenvalue weighted by Gasteiger charge is -2.09. The fourth-order valence-corrected chi connectivity index (χ4v) is 1.51. The SMILES string of the molecule is C[C@@H]1O[C@@H]1/C=C/C(=O)OC[C@@H]1COC(=O)[C@H]1O. The Bertz CT molecular complexity index is 350. The van der Waals surface area contributed by atoms with Crippen molar-refractivity contribution >= 4 is 11.9 Å². The summed E-state index contributed by atoms with van der Waals surface area (Å²) in [6, 6.07) is 0. The number of cyclic esters (lactones) is 1. The van der Waals surface area contributed by atoms with Crippen molar-refractivity contribution in [2.75, 3.05) is 13.2 Å². The summed E-state index contributed by atoms with van der Waals surface area (Å²) in [5.41, 5.74) is 0. The summed E-state index contributed by atoms with van der Waals surface area (Å²) in [5.74, 6) is -1.66. The zero-order valence-electron chi connectivity index (χ0n) is 9.37. The molecule has 2 aliphatic heterocycles. The number of hydrogen-bond acceptors (Lipinski definition) is 6. The molecule has 0 bridgehead atoms. The van der Waals surface area contributed by atoms with Crippen LogP contribution in [-0.2, 0) is 23.8 Å². The molecule has 0 spiro atoms. The molecule has 0 aromatic carbocycles. The number of carbonyl (C=O) groups is 2. The molecule has 0 aliphatic carbocycles. The number of hydrogen-bond donors (Lipinski definition) is 1. The topological polar surface area (TPSA) is 85.4 Å². The highest BCUT2D eigenvalue weighted by molar-refractivity contribution is 5.82. The third-order valence-electron chi connectivity index (χ3n) is 2.75. The second-order valence-corrected chi connectivity index (χ2v) is 4.13. The van der Waals surface area contributed by atoms with Crippen LogP contribution in [0.3, 0.4) is 0 Å². The van der Waals surface area contributed by atoms with Crippen molar-refractivity contribution in [1.29, 1.82) is 0 Å². The van der Waals surface area contributed by atoms with Crippen LogP contribution >= 0.6 is 0 Å². The van der Waals surface area contributed by atoms with Crippen molar-refractivity contribution in [3.63, 3.8) is 0 Å². The monoisotopic (exact) mass is 242 g/mol. The van der Waals surface area contributed by atoms with Crippen LogP contribution in [0.5, 0.6) is 0 Å². The average Bonchev–Trinajstić information content (AvgIpc) is 2.92. The summed E-state index contributed by atoms with van der Waals surface area (Å²) >= 11 is 0. The first-order valence-corrected chi connectivity index (χ1v) is 5.43. The normalized spacial score (nSPS) is 36.0. The minimum absolute atomic E-state index is 0.00969. The van der Waals surface area contributed by atoms with Crippen molar-refractivity contribution < 1.29 is 28.9 Å². The minimum Gasteiger partial charge on any atom is -0.463 e. The first-order valence-electron chi connectivity index (χ1n) is 5.43. The molecule has 2 rings (SSSR count). The lowest BCUT2D eigenvalue weighted by Crippen LogP contribution is -2.26. The minimum atomic E-state index is -1.20. The number of carbonyl (C=O) groups excluding carboxylic acids is 2. The molecule has 17 heavy (non-hydrogen) atoms. The Balaban J connectivity index is 1.69. The molecule has 0 aromatic heterocycles. The van der Waals surface area contributed by atoms with Gasteiger partial charge in [0.25, 0.3) is 0 Å². The Morgan fingerprint density at radius 1 is 1.65 bits per heavy atom. The molecular formula is C11H14O6. The summed E-state index contributed by atoms with van der Waals surface area (Å²) in [5, 5.41) is 9.33. The van der Waals surface area contributed by atoms with E-state index in [4.69, 9.17) is 9.47 Å². The van der Waals surface area contributed by atoms with E-state index >= 15 is 0 Å². The van der Waals surface area contributed by atoms with E-state index in [9.17, 15) is 14.7 Å². The molecule has 1 N–H and O–H groups in total. The van der Waals surface area contributed by atoms with Crippen molar-refractivity contribution in [3.05, 3.63) is 12.2 Å². The molecule has 2 heterocycles. The first kappa shape index (κ1) is 12.1. The maximum atomic E-state index is 11.3. The number of esters is 2. The predicted molar refractivity (Wildman–Crippen MR) is 54.9 cm³/mol. The summed E-state index contributed by atoms with van der Waals surface area (Å²) in [4.78, 5) is 22.1. The quantitative estimate of drug-likeness (QED) is 0.403. The van der Waals surface area contributed by atoms with Crippen molar-refractivity contribution in [2.45, 2.75) is 25.2 Å². The van der Waals surface area contributed by atoms with E-state index in [1.54, 1.807) is 6.08 Å². The van der Waals surface area contributed by atoms with Crippen LogP contribution in [0.2, 0.25) is 0 Å². The maximum absolute atomic E-state index is 11.3.